The number of anilines is 1. The minimum atomic E-state index is 0.0154. The second kappa shape index (κ2) is 8.20. The largest absolute Gasteiger partial charge is 0.472 e. The van der Waals surface area contributed by atoms with E-state index in [-0.39, 0.29) is 6.10 Å². The van der Waals surface area contributed by atoms with Gasteiger partial charge in [-0.25, -0.2) is 4.98 Å². The van der Waals surface area contributed by atoms with Gasteiger partial charge in [0.2, 0.25) is 0 Å². The molecule has 0 saturated heterocycles. The predicted octanol–water partition coefficient (Wildman–Crippen LogP) is 3.06. The lowest BCUT2D eigenvalue weighted by atomic mass is 9.86. The second-order valence-electron chi connectivity index (χ2n) is 7.79. The molecule has 0 aromatic carbocycles. The molecule has 2 heterocycles. The summed E-state index contributed by atoms with van der Waals surface area (Å²) in [6.07, 6.45) is 7.74. The fraction of sp³-hybridized carbons (Fsp3) is 0.737. The van der Waals surface area contributed by atoms with Gasteiger partial charge in [0, 0.05) is 19.0 Å². The van der Waals surface area contributed by atoms with E-state index in [2.05, 4.69) is 21.7 Å². The Balaban J connectivity index is 2.04. The molecule has 0 amide bonds. The molecule has 1 aliphatic carbocycles. The maximum absolute atomic E-state index is 6.21. The van der Waals surface area contributed by atoms with E-state index >= 15 is 0 Å². The van der Waals surface area contributed by atoms with E-state index in [0.29, 0.717) is 29.2 Å². The molecule has 4 N–H and O–H groups in total. The maximum Gasteiger partial charge on any atom is 0.260 e. The summed E-state index contributed by atoms with van der Waals surface area (Å²) >= 11 is 0. The molecule has 0 aliphatic heterocycles. The summed E-state index contributed by atoms with van der Waals surface area (Å²) in [5, 5.41) is 8.29. The van der Waals surface area contributed by atoms with Gasteiger partial charge in [-0.15, -0.1) is 10.2 Å². The molecule has 2 aromatic heterocycles. The fourth-order valence-electron chi connectivity index (χ4n) is 3.87. The van der Waals surface area contributed by atoms with Gasteiger partial charge in [0.25, 0.3) is 5.88 Å². The van der Waals surface area contributed by atoms with Crippen LogP contribution in [0.5, 0.6) is 5.88 Å². The monoisotopic (exact) mass is 360 g/mol. The normalized spacial score (nSPS) is 20.8. The Labute approximate surface area is 155 Å². The zero-order chi connectivity index (χ0) is 18.7. The van der Waals surface area contributed by atoms with Crippen molar-refractivity contribution in [2.24, 2.45) is 11.7 Å². The highest BCUT2D eigenvalue weighted by atomic mass is 16.5. The quantitative estimate of drug-likeness (QED) is 0.786. The number of aryl methyl sites for hydroxylation is 1. The van der Waals surface area contributed by atoms with E-state index in [4.69, 9.17) is 21.2 Å². The van der Waals surface area contributed by atoms with E-state index in [9.17, 15) is 0 Å². The van der Waals surface area contributed by atoms with Crippen LogP contribution >= 0.6 is 0 Å². The van der Waals surface area contributed by atoms with Gasteiger partial charge < -0.3 is 20.8 Å². The van der Waals surface area contributed by atoms with Crippen LogP contribution in [0.3, 0.4) is 0 Å². The van der Waals surface area contributed by atoms with Crippen LogP contribution in [0.25, 0.3) is 11.0 Å². The zero-order valence-electron chi connectivity index (χ0n) is 16.2. The molecule has 7 heteroatoms. The third kappa shape index (κ3) is 4.09. The Kier molecular flexibility index (Phi) is 5.96. The summed E-state index contributed by atoms with van der Waals surface area (Å²) in [6, 6.07) is 0.305. The van der Waals surface area contributed by atoms with Crippen LogP contribution < -0.4 is 16.2 Å². The lowest BCUT2D eigenvalue weighted by Gasteiger charge is -2.27. The van der Waals surface area contributed by atoms with Gasteiger partial charge in [0.1, 0.15) is 16.9 Å². The predicted molar refractivity (Wildman–Crippen MR) is 104 cm³/mol. The van der Waals surface area contributed by atoms with Crippen molar-refractivity contribution in [1.29, 1.82) is 0 Å². The van der Waals surface area contributed by atoms with E-state index in [1.54, 1.807) is 0 Å². The number of ether oxygens (including phenoxy) is 1. The molecule has 3 rings (SSSR count). The number of aromatic nitrogens is 4. The molecule has 144 valence electrons. The first-order valence-corrected chi connectivity index (χ1v) is 9.93. The first-order valence-electron chi connectivity index (χ1n) is 9.93. The summed E-state index contributed by atoms with van der Waals surface area (Å²) in [5.74, 6) is 2.50. The highest BCUT2D eigenvalue weighted by Crippen LogP contribution is 2.32. The highest BCUT2D eigenvalue weighted by molar-refractivity contribution is 5.88. The van der Waals surface area contributed by atoms with E-state index in [1.165, 1.54) is 12.8 Å². The Morgan fingerprint density at radius 3 is 2.77 bits per heavy atom. The van der Waals surface area contributed by atoms with Gasteiger partial charge in [-0.05, 0) is 45.4 Å². The fourth-order valence-corrected chi connectivity index (χ4v) is 3.87. The first kappa shape index (κ1) is 18.9. The van der Waals surface area contributed by atoms with Crippen molar-refractivity contribution >= 4 is 16.9 Å². The highest BCUT2D eigenvalue weighted by Gasteiger charge is 2.25. The van der Waals surface area contributed by atoms with Gasteiger partial charge >= 0.3 is 0 Å². The lowest BCUT2D eigenvalue weighted by molar-refractivity contribution is 0.231. The van der Waals surface area contributed by atoms with Crippen LogP contribution in [0.1, 0.15) is 65.1 Å². The molecule has 2 atom stereocenters. The van der Waals surface area contributed by atoms with Crippen LogP contribution in [-0.4, -0.2) is 31.9 Å². The number of rotatable bonds is 7. The maximum atomic E-state index is 6.21. The Morgan fingerprint density at radius 2 is 2.08 bits per heavy atom. The molecular weight excluding hydrogens is 328 g/mol. The molecule has 0 bridgehead atoms. The Bertz CT molecular complexity index is 741. The van der Waals surface area contributed by atoms with Gasteiger partial charge in [-0.1, -0.05) is 19.8 Å². The van der Waals surface area contributed by atoms with Crippen molar-refractivity contribution < 1.29 is 4.74 Å². The number of unbranched alkanes of at least 4 members (excludes halogenated alkanes) is 1. The number of hydrogen-bond donors (Lipinski definition) is 2. The van der Waals surface area contributed by atoms with Gasteiger partial charge in [0.05, 0.1) is 6.10 Å². The van der Waals surface area contributed by atoms with Crippen LogP contribution in [0.2, 0.25) is 0 Å². The molecule has 0 radical (unpaired) electrons. The molecule has 1 aliphatic rings. The number of nitrogen functional groups attached to an aromatic ring is 1. The van der Waals surface area contributed by atoms with Crippen LogP contribution in [-0.2, 0) is 13.0 Å². The molecule has 26 heavy (non-hydrogen) atoms. The van der Waals surface area contributed by atoms with Gasteiger partial charge in [-0.3, -0.25) is 0 Å². The summed E-state index contributed by atoms with van der Waals surface area (Å²) < 4.78 is 8.21. The first-order chi connectivity index (χ1) is 12.5. The van der Waals surface area contributed by atoms with Crippen molar-refractivity contribution in [2.45, 2.75) is 84.4 Å². The topological polar surface area (TPSA) is 105 Å². The molecule has 0 unspecified atom stereocenters. The van der Waals surface area contributed by atoms with Gasteiger partial charge in [-0.2, -0.15) is 0 Å². The zero-order valence-corrected chi connectivity index (χ0v) is 16.2. The summed E-state index contributed by atoms with van der Waals surface area (Å²) in [7, 11) is 0. The van der Waals surface area contributed by atoms with Crippen molar-refractivity contribution in [3.63, 3.8) is 0 Å². The molecule has 0 spiro atoms. The van der Waals surface area contributed by atoms with E-state index in [1.807, 2.05) is 13.8 Å². The number of fused-ring (bicyclic) bond motifs is 1. The smallest absolute Gasteiger partial charge is 0.260 e. The molecule has 1 fully saturated rings. The SMILES string of the molecule is CCCCc1nc2c(N)nnc(OC(C)C)c2n1C[C@H]1CCC[C@@H](N)C1. The molecule has 2 aromatic rings. The van der Waals surface area contributed by atoms with Gasteiger partial charge in [0.15, 0.2) is 5.82 Å². The minimum absolute atomic E-state index is 0.0154. The molecule has 1 saturated carbocycles. The third-order valence-electron chi connectivity index (χ3n) is 5.11. The second-order valence-corrected chi connectivity index (χ2v) is 7.79. The number of hydrogen-bond acceptors (Lipinski definition) is 6. The average molecular weight is 361 g/mol. The van der Waals surface area contributed by atoms with E-state index in [0.717, 1.165) is 50.0 Å². The Hall–Kier alpha value is -1.89. The van der Waals surface area contributed by atoms with Crippen LogP contribution in [0.15, 0.2) is 0 Å². The van der Waals surface area contributed by atoms with Crippen molar-refractivity contribution in [3.8, 4) is 5.88 Å². The number of nitrogens with zero attached hydrogens (tertiary/aromatic N) is 4. The number of imidazole rings is 1. The lowest BCUT2D eigenvalue weighted by Crippen LogP contribution is -2.30. The van der Waals surface area contributed by atoms with Crippen molar-refractivity contribution in [1.82, 2.24) is 19.7 Å². The van der Waals surface area contributed by atoms with E-state index < -0.39 is 0 Å². The third-order valence-corrected chi connectivity index (χ3v) is 5.11. The average Bonchev–Trinajstić information content (AvgIpc) is 2.95. The van der Waals surface area contributed by atoms with Crippen LogP contribution in [0.4, 0.5) is 5.82 Å². The Morgan fingerprint density at radius 1 is 1.27 bits per heavy atom. The summed E-state index contributed by atoms with van der Waals surface area (Å²) in [6.45, 7) is 7.06. The summed E-state index contributed by atoms with van der Waals surface area (Å²) in [4.78, 5) is 4.83. The van der Waals surface area contributed by atoms with Crippen LogP contribution in [0, 0.1) is 5.92 Å². The minimum Gasteiger partial charge on any atom is -0.472 e. The standard InChI is InChI=1S/C19H32N6O/c1-4-5-9-15-22-16-17(19(26-12(2)3)24-23-18(16)21)25(15)11-13-7-6-8-14(20)10-13/h12-14H,4-11,20H2,1-3H3,(H2,21,23)/t13-,14+/m0/s1. The molecule has 7 nitrogen and oxygen atoms in total. The number of nitrogens with two attached hydrogens (primary N) is 2. The van der Waals surface area contributed by atoms with Crippen molar-refractivity contribution in [3.05, 3.63) is 5.82 Å². The van der Waals surface area contributed by atoms with Crippen molar-refractivity contribution in [2.75, 3.05) is 5.73 Å². The summed E-state index contributed by atoms with van der Waals surface area (Å²) in [5.41, 5.74) is 13.9. The molecular formula is C19H32N6O.